The molecule has 0 aromatic rings. The zero-order chi connectivity index (χ0) is 13.6. The van der Waals surface area contributed by atoms with Crippen molar-refractivity contribution in [2.24, 2.45) is 23.5 Å². The van der Waals surface area contributed by atoms with Crippen LogP contribution in [0.15, 0.2) is 0 Å². The number of hydrogen-bond acceptors (Lipinski definition) is 3. The van der Waals surface area contributed by atoms with Crippen LogP contribution in [0.5, 0.6) is 0 Å². The molecule has 0 saturated carbocycles. The summed E-state index contributed by atoms with van der Waals surface area (Å²) in [7, 11) is -2.77. The lowest BCUT2D eigenvalue weighted by Gasteiger charge is -2.25. The van der Waals surface area contributed by atoms with Crippen molar-refractivity contribution in [3.05, 3.63) is 0 Å². The monoisotopic (exact) mass is 275 g/mol. The highest BCUT2D eigenvalue weighted by atomic mass is 32.2. The van der Waals surface area contributed by atoms with Crippen LogP contribution in [0.1, 0.15) is 52.4 Å². The number of sulfone groups is 1. The Kier molecular flexibility index (Phi) is 6.64. The Balaban J connectivity index is 2.50. The maximum absolute atomic E-state index is 11.5. The van der Waals surface area contributed by atoms with E-state index in [0.29, 0.717) is 29.9 Å². The minimum Gasteiger partial charge on any atom is -0.330 e. The zero-order valence-corrected chi connectivity index (χ0v) is 12.7. The highest BCUT2D eigenvalue weighted by Crippen LogP contribution is 2.32. The predicted molar refractivity (Wildman–Crippen MR) is 77.2 cm³/mol. The summed E-state index contributed by atoms with van der Waals surface area (Å²) in [6.45, 7) is 5.10. The minimum absolute atomic E-state index is 0.315. The quantitative estimate of drug-likeness (QED) is 0.740. The fourth-order valence-corrected chi connectivity index (χ4v) is 5.01. The Morgan fingerprint density at radius 2 is 2.06 bits per heavy atom. The molecule has 1 rings (SSSR count). The first-order valence-electron chi connectivity index (χ1n) is 7.42. The fraction of sp³-hybridized carbons (Fsp3) is 1.00. The molecule has 0 amide bonds. The summed E-state index contributed by atoms with van der Waals surface area (Å²) < 4.78 is 23.1. The van der Waals surface area contributed by atoms with Gasteiger partial charge in [-0.3, -0.25) is 0 Å². The van der Waals surface area contributed by atoms with Crippen LogP contribution in [0.2, 0.25) is 0 Å². The molecule has 3 atom stereocenters. The maximum Gasteiger partial charge on any atom is 0.150 e. The fourth-order valence-electron chi connectivity index (χ4n) is 3.09. The molecular formula is C14H29NO2S. The topological polar surface area (TPSA) is 60.2 Å². The first kappa shape index (κ1) is 16.0. The number of rotatable bonds is 8. The number of nitrogens with two attached hydrogens (primary N) is 1. The Bertz CT molecular complexity index is 327. The lowest BCUT2D eigenvalue weighted by Crippen LogP contribution is -2.26. The van der Waals surface area contributed by atoms with Crippen LogP contribution in [0.4, 0.5) is 0 Å². The molecule has 1 aliphatic heterocycles. The molecule has 1 aliphatic rings. The Labute approximate surface area is 112 Å². The third-order valence-electron chi connectivity index (χ3n) is 4.42. The van der Waals surface area contributed by atoms with Crippen molar-refractivity contribution in [1.29, 1.82) is 0 Å². The van der Waals surface area contributed by atoms with E-state index in [9.17, 15) is 8.42 Å². The molecule has 4 heteroatoms. The minimum atomic E-state index is -2.77. The molecule has 1 fully saturated rings. The molecule has 2 N–H and O–H groups in total. The van der Waals surface area contributed by atoms with Gasteiger partial charge in [-0.1, -0.05) is 39.5 Å². The highest BCUT2D eigenvalue weighted by Gasteiger charge is 2.33. The summed E-state index contributed by atoms with van der Waals surface area (Å²) in [5.74, 6) is 2.19. The normalized spacial score (nSPS) is 26.1. The third-order valence-corrected chi connectivity index (χ3v) is 6.21. The van der Waals surface area contributed by atoms with Crippen molar-refractivity contribution in [1.82, 2.24) is 0 Å². The average molecular weight is 275 g/mol. The van der Waals surface area contributed by atoms with Gasteiger partial charge in [-0.25, -0.2) is 8.42 Å². The third kappa shape index (κ3) is 4.88. The van der Waals surface area contributed by atoms with Gasteiger partial charge < -0.3 is 5.73 Å². The molecular weight excluding hydrogens is 246 g/mol. The molecule has 18 heavy (non-hydrogen) atoms. The summed E-state index contributed by atoms with van der Waals surface area (Å²) in [5, 5.41) is 0. The van der Waals surface area contributed by atoms with Crippen molar-refractivity contribution < 1.29 is 8.42 Å². The average Bonchev–Trinajstić information content (AvgIpc) is 2.70. The Morgan fingerprint density at radius 1 is 1.33 bits per heavy atom. The lowest BCUT2D eigenvalue weighted by atomic mass is 9.81. The van der Waals surface area contributed by atoms with Gasteiger partial charge in [-0.2, -0.15) is 0 Å². The summed E-state index contributed by atoms with van der Waals surface area (Å²) in [6.07, 6.45) is 6.92. The molecule has 1 saturated heterocycles. The van der Waals surface area contributed by atoms with Gasteiger partial charge in [-0.15, -0.1) is 0 Å². The Morgan fingerprint density at radius 3 is 2.50 bits per heavy atom. The van der Waals surface area contributed by atoms with E-state index in [0.717, 1.165) is 18.8 Å². The van der Waals surface area contributed by atoms with E-state index >= 15 is 0 Å². The van der Waals surface area contributed by atoms with Gasteiger partial charge in [0.05, 0.1) is 11.5 Å². The second-order valence-corrected chi connectivity index (χ2v) is 8.04. The van der Waals surface area contributed by atoms with Crippen LogP contribution in [0, 0.1) is 17.8 Å². The number of hydrogen-bond donors (Lipinski definition) is 1. The number of unbranched alkanes of at least 4 members (excludes halogenated alkanes) is 1. The van der Waals surface area contributed by atoms with E-state index in [-0.39, 0.29) is 0 Å². The molecule has 1 heterocycles. The van der Waals surface area contributed by atoms with Crippen molar-refractivity contribution in [3.8, 4) is 0 Å². The molecule has 0 spiro atoms. The van der Waals surface area contributed by atoms with E-state index in [2.05, 4.69) is 13.8 Å². The molecule has 0 bridgehead atoms. The predicted octanol–water partition coefficient (Wildman–Crippen LogP) is 2.60. The maximum atomic E-state index is 11.5. The second kappa shape index (κ2) is 7.49. The van der Waals surface area contributed by atoms with Gasteiger partial charge in [0.2, 0.25) is 0 Å². The highest BCUT2D eigenvalue weighted by molar-refractivity contribution is 7.91. The van der Waals surface area contributed by atoms with Crippen molar-refractivity contribution >= 4 is 9.84 Å². The van der Waals surface area contributed by atoms with Gasteiger partial charge in [0.15, 0.2) is 9.84 Å². The molecule has 0 aliphatic carbocycles. The van der Waals surface area contributed by atoms with E-state index in [1.54, 1.807) is 0 Å². The van der Waals surface area contributed by atoms with Gasteiger partial charge in [0.1, 0.15) is 0 Å². The van der Waals surface area contributed by atoms with Crippen molar-refractivity contribution in [2.45, 2.75) is 52.4 Å². The van der Waals surface area contributed by atoms with E-state index in [1.807, 2.05) is 0 Å². The first-order valence-corrected chi connectivity index (χ1v) is 9.25. The van der Waals surface area contributed by atoms with Crippen LogP contribution in [-0.2, 0) is 9.84 Å². The second-order valence-electron chi connectivity index (χ2n) is 5.81. The Hall–Kier alpha value is -0.0900. The standard InChI is InChI=1S/C14H29NO2S/c1-3-5-6-12(4-2)9-14(10-15)13-7-8-18(16,17)11-13/h12-14H,3-11,15H2,1-2H3. The van der Waals surface area contributed by atoms with Crippen LogP contribution in [-0.4, -0.2) is 26.5 Å². The van der Waals surface area contributed by atoms with Gasteiger partial charge in [0.25, 0.3) is 0 Å². The van der Waals surface area contributed by atoms with Gasteiger partial charge >= 0.3 is 0 Å². The van der Waals surface area contributed by atoms with Crippen LogP contribution in [0.25, 0.3) is 0 Å². The molecule has 0 radical (unpaired) electrons. The van der Waals surface area contributed by atoms with Crippen molar-refractivity contribution in [3.63, 3.8) is 0 Å². The van der Waals surface area contributed by atoms with E-state index in [1.165, 1.54) is 25.7 Å². The summed E-state index contributed by atoms with van der Waals surface area (Å²) in [6, 6.07) is 0. The summed E-state index contributed by atoms with van der Waals surface area (Å²) in [5.41, 5.74) is 5.88. The SMILES string of the molecule is CCCCC(CC)CC(CN)C1CCS(=O)(=O)C1. The lowest BCUT2D eigenvalue weighted by molar-refractivity contribution is 0.274. The van der Waals surface area contributed by atoms with Gasteiger partial charge in [0, 0.05) is 0 Å². The van der Waals surface area contributed by atoms with Crippen LogP contribution in [0.3, 0.4) is 0 Å². The van der Waals surface area contributed by atoms with E-state index in [4.69, 9.17) is 5.73 Å². The molecule has 0 aromatic heterocycles. The summed E-state index contributed by atoms with van der Waals surface area (Å²) >= 11 is 0. The van der Waals surface area contributed by atoms with Crippen LogP contribution >= 0.6 is 0 Å². The van der Waals surface area contributed by atoms with Crippen molar-refractivity contribution in [2.75, 3.05) is 18.1 Å². The molecule has 108 valence electrons. The first-order chi connectivity index (χ1) is 8.52. The molecule has 0 aromatic carbocycles. The van der Waals surface area contributed by atoms with E-state index < -0.39 is 9.84 Å². The van der Waals surface area contributed by atoms with Crippen LogP contribution < -0.4 is 5.73 Å². The summed E-state index contributed by atoms with van der Waals surface area (Å²) in [4.78, 5) is 0. The van der Waals surface area contributed by atoms with Gasteiger partial charge in [-0.05, 0) is 37.1 Å². The largest absolute Gasteiger partial charge is 0.330 e. The molecule has 3 unspecified atom stereocenters. The smallest absolute Gasteiger partial charge is 0.150 e. The zero-order valence-electron chi connectivity index (χ0n) is 11.9. The molecule has 3 nitrogen and oxygen atoms in total.